The normalized spacial score (nSPS) is 17.6. The molecule has 2 aromatic heterocycles. The lowest BCUT2D eigenvalue weighted by atomic mass is 9.98. The Kier molecular flexibility index (Phi) is 4.63. The second-order valence-corrected chi connectivity index (χ2v) is 6.54. The third kappa shape index (κ3) is 3.65. The molecule has 25 heavy (non-hydrogen) atoms. The molecule has 6 nitrogen and oxygen atoms in total. The summed E-state index contributed by atoms with van der Waals surface area (Å²) in [6.45, 7) is 3.87. The molecule has 1 atom stereocenters. The zero-order valence-corrected chi connectivity index (χ0v) is 14.3. The third-order valence-electron chi connectivity index (χ3n) is 4.60. The molecule has 0 N–H and O–H groups in total. The van der Waals surface area contributed by atoms with Gasteiger partial charge in [0.2, 0.25) is 0 Å². The summed E-state index contributed by atoms with van der Waals surface area (Å²) in [5.41, 5.74) is 4.61. The molecule has 0 saturated heterocycles. The fourth-order valence-electron chi connectivity index (χ4n) is 3.48. The molecule has 1 unspecified atom stereocenters. The van der Waals surface area contributed by atoms with Crippen LogP contribution in [-0.4, -0.2) is 33.0 Å². The molecule has 0 radical (unpaired) electrons. The number of hydrogen-bond acceptors (Lipinski definition) is 5. The lowest BCUT2D eigenvalue weighted by Gasteiger charge is -2.31. The topological polar surface area (TPSA) is 56.3 Å². The Hall–Kier alpha value is -2.44. The maximum atomic E-state index is 6.01. The Morgan fingerprint density at radius 2 is 2.08 bits per heavy atom. The average molecular weight is 338 g/mol. The molecule has 1 aliphatic heterocycles. The molecular formula is C19H22N4O2. The van der Waals surface area contributed by atoms with E-state index in [9.17, 15) is 0 Å². The number of fused-ring (bicyclic) bond motifs is 1. The molecule has 0 spiro atoms. The molecule has 130 valence electrons. The van der Waals surface area contributed by atoms with E-state index < -0.39 is 0 Å². The molecule has 3 heterocycles. The van der Waals surface area contributed by atoms with Gasteiger partial charge in [-0.3, -0.25) is 9.58 Å². The SMILES string of the molecule is Cn1nnc2c1C(COCc1ccccc1)CN(Cc1ccoc1)C2. The molecule has 0 aliphatic carbocycles. The first kappa shape index (κ1) is 16.1. The largest absolute Gasteiger partial charge is 0.472 e. The van der Waals surface area contributed by atoms with Gasteiger partial charge in [-0.05, 0) is 11.6 Å². The van der Waals surface area contributed by atoms with Crippen molar-refractivity contribution in [1.82, 2.24) is 19.9 Å². The van der Waals surface area contributed by atoms with Crippen molar-refractivity contribution in [1.29, 1.82) is 0 Å². The number of rotatable bonds is 6. The molecule has 6 heteroatoms. The summed E-state index contributed by atoms with van der Waals surface area (Å²) in [7, 11) is 1.96. The summed E-state index contributed by atoms with van der Waals surface area (Å²) in [5, 5.41) is 8.56. The van der Waals surface area contributed by atoms with E-state index >= 15 is 0 Å². The van der Waals surface area contributed by atoms with Crippen LogP contribution in [-0.2, 0) is 31.5 Å². The van der Waals surface area contributed by atoms with Gasteiger partial charge >= 0.3 is 0 Å². The van der Waals surface area contributed by atoms with Gasteiger partial charge < -0.3 is 9.15 Å². The van der Waals surface area contributed by atoms with Gasteiger partial charge in [0.25, 0.3) is 0 Å². The van der Waals surface area contributed by atoms with Gasteiger partial charge in [0, 0.05) is 38.2 Å². The highest BCUT2D eigenvalue weighted by Crippen LogP contribution is 2.28. The van der Waals surface area contributed by atoms with Gasteiger partial charge in [0.1, 0.15) is 5.69 Å². The van der Waals surface area contributed by atoms with Crippen LogP contribution in [0, 0.1) is 0 Å². The minimum Gasteiger partial charge on any atom is -0.472 e. The van der Waals surface area contributed by atoms with Crippen LogP contribution in [0.2, 0.25) is 0 Å². The molecule has 1 aromatic carbocycles. The van der Waals surface area contributed by atoms with Crippen molar-refractivity contribution in [2.45, 2.75) is 25.6 Å². The first-order chi connectivity index (χ1) is 12.3. The van der Waals surface area contributed by atoms with E-state index in [0.29, 0.717) is 13.2 Å². The second-order valence-electron chi connectivity index (χ2n) is 6.54. The van der Waals surface area contributed by atoms with E-state index in [1.54, 1.807) is 12.5 Å². The monoisotopic (exact) mass is 338 g/mol. The van der Waals surface area contributed by atoms with Crippen LogP contribution in [0.4, 0.5) is 0 Å². The zero-order chi connectivity index (χ0) is 17.1. The van der Waals surface area contributed by atoms with Crippen LogP contribution < -0.4 is 0 Å². The molecule has 0 fully saturated rings. The third-order valence-corrected chi connectivity index (χ3v) is 4.60. The van der Waals surface area contributed by atoms with Gasteiger partial charge in [-0.25, -0.2) is 0 Å². The minimum absolute atomic E-state index is 0.263. The van der Waals surface area contributed by atoms with Crippen molar-refractivity contribution < 1.29 is 9.15 Å². The Balaban J connectivity index is 1.44. The number of benzene rings is 1. The van der Waals surface area contributed by atoms with Crippen molar-refractivity contribution in [3.63, 3.8) is 0 Å². The number of hydrogen-bond donors (Lipinski definition) is 0. The van der Waals surface area contributed by atoms with Gasteiger partial charge in [-0.2, -0.15) is 0 Å². The molecule has 4 rings (SSSR count). The van der Waals surface area contributed by atoms with Crippen molar-refractivity contribution in [3.05, 3.63) is 71.4 Å². The van der Waals surface area contributed by atoms with Crippen LogP contribution in [0.15, 0.2) is 53.3 Å². The Bertz CT molecular complexity index is 798. The van der Waals surface area contributed by atoms with E-state index in [0.717, 1.165) is 25.3 Å². The summed E-state index contributed by atoms with van der Waals surface area (Å²) in [5.74, 6) is 0.263. The molecule has 1 aliphatic rings. The quantitative estimate of drug-likeness (QED) is 0.692. The first-order valence-electron chi connectivity index (χ1n) is 8.53. The summed E-state index contributed by atoms with van der Waals surface area (Å²) in [6, 6.07) is 12.3. The number of furan rings is 1. The highest BCUT2D eigenvalue weighted by Gasteiger charge is 2.30. The number of nitrogens with zero attached hydrogens (tertiary/aromatic N) is 4. The molecule has 0 amide bonds. The summed E-state index contributed by atoms with van der Waals surface area (Å²) in [4.78, 5) is 2.37. The lowest BCUT2D eigenvalue weighted by Crippen LogP contribution is -2.35. The lowest BCUT2D eigenvalue weighted by molar-refractivity contribution is 0.0829. The maximum absolute atomic E-state index is 6.01. The van der Waals surface area contributed by atoms with Crippen LogP contribution in [0.1, 0.15) is 28.4 Å². The summed E-state index contributed by atoms with van der Waals surface area (Å²) in [6.07, 6.45) is 3.51. The van der Waals surface area contributed by atoms with Crippen LogP contribution in [0.3, 0.4) is 0 Å². The van der Waals surface area contributed by atoms with Gasteiger partial charge in [0.05, 0.1) is 31.4 Å². The zero-order valence-electron chi connectivity index (χ0n) is 14.3. The summed E-state index contributed by atoms with van der Waals surface area (Å²) >= 11 is 0. The second kappa shape index (κ2) is 7.21. The van der Waals surface area contributed by atoms with Crippen molar-refractivity contribution in [2.75, 3.05) is 13.2 Å². The average Bonchev–Trinajstić information content (AvgIpc) is 3.26. The van der Waals surface area contributed by atoms with Crippen LogP contribution in [0.25, 0.3) is 0 Å². The number of aryl methyl sites for hydroxylation is 1. The minimum atomic E-state index is 0.263. The van der Waals surface area contributed by atoms with Gasteiger partial charge in [-0.15, -0.1) is 5.10 Å². The van der Waals surface area contributed by atoms with E-state index in [4.69, 9.17) is 9.15 Å². The van der Waals surface area contributed by atoms with E-state index in [-0.39, 0.29) is 5.92 Å². The van der Waals surface area contributed by atoms with E-state index in [1.165, 1.54) is 16.8 Å². The van der Waals surface area contributed by atoms with E-state index in [1.807, 2.05) is 36.0 Å². The molecule has 3 aromatic rings. The molecule has 0 saturated carbocycles. The van der Waals surface area contributed by atoms with Crippen molar-refractivity contribution in [2.24, 2.45) is 7.05 Å². The highest BCUT2D eigenvalue weighted by molar-refractivity contribution is 5.20. The Labute approximate surface area is 147 Å². The van der Waals surface area contributed by atoms with Crippen LogP contribution >= 0.6 is 0 Å². The standard InChI is InChI=1S/C19H22N4O2/c1-22-19-17(14-25-12-15-5-3-2-4-6-15)10-23(11-18(19)20-21-22)9-16-7-8-24-13-16/h2-8,13,17H,9-12,14H2,1H3. The molecular weight excluding hydrogens is 316 g/mol. The molecule has 0 bridgehead atoms. The maximum Gasteiger partial charge on any atom is 0.100 e. The van der Waals surface area contributed by atoms with Crippen LogP contribution in [0.5, 0.6) is 0 Å². The predicted molar refractivity (Wildman–Crippen MR) is 92.7 cm³/mol. The van der Waals surface area contributed by atoms with E-state index in [2.05, 4.69) is 27.3 Å². The Morgan fingerprint density at radius 1 is 1.20 bits per heavy atom. The predicted octanol–water partition coefficient (Wildman–Crippen LogP) is 2.72. The number of aromatic nitrogens is 3. The first-order valence-corrected chi connectivity index (χ1v) is 8.53. The van der Waals surface area contributed by atoms with Crippen molar-refractivity contribution >= 4 is 0 Å². The fraction of sp³-hybridized carbons (Fsp3) is 0.368. The van der Waals surface area contributed by atoms with Crippen molar-refractivity contribution in [3.8, 4) is 0 Å². The Morgan fingerprint density at radius 3 is 2.88 bits per heavy atom. The van der Waals surface area contributed by atoms with Gasteiger partial charge in [0.15, 0.2) is 0 Å². The fourth-order valence-corrected chi connectivity index (χ4v) is 3.48. The smallest absolute Gasteiger partial charge is 0.100 e. The number of ether oxygens (including phenoxy) is 1. The highest BCUT2D eigenvalue weighted by atomic mass is 16.5. The summed E-state index contributed by atoms with van der Waals surface area (Å²) < 4.78 is 13.1. The van der Waals surface area contributed by atoms with Gasteiger partial charge in [-0.1, -0.05) is 35.5 Å².